The third kappa shape index (κ3) is 5.82. The van der Waals surface area contributed by atoms with Gasteiger partial charge in [-0.2, -0.15) is 0 Å². The smallest absolute Gasteiger partial charge is 0.338 e. The molecule has 0 aromatic heterocycles. The number of carbonyl (C=O) groups excluding carboxylic acids is 3. The lowest BCUT2D eigenvalue weighted by atomic mass is 10.1. The monoisotopic (exact) mass is 485 g/mol. The highest BCUT2D eigenvalue weighted by atomic mass is 79.9. The molecule has 5 nitrogen and oxygen atoms in total. The molecule has 3 rings (SSSR count). The molecule has 0 N–H and O–H groups in total. The summed E-state index contributed by atoms with van der Waals surface area (Å²) in [6, 6.07) is 11.4. The van der Waals surface area contributed by atoms with Crippen molar-refractivity contribution in [2.24, 2.45) is 0 Å². The lowest BCUT2D eigenvalue weighted by Crippen LogP contribution is -2.29. The highest BCUT2D eigenvalue weighted by molar-refractivity contribution is 9.10. The summed E-state index contributed by atoms with van der Waals surface area (Å²) in [4.78, 5) is 38.7. The number of nitrogens with zero attached hydrogens (tertiary/aromatic N) is 1. The van der Waals surface area contributed by atoms with E-state index in [1.165, 1.54) is 38.5 Å². The molecule has 1 aliphatic rings. The topological polar surface area (TPSA) is 63.7 Å². The number of halogens is 1. The maximum Gasteiger partial charge on any atom is 0.338 e. The first-order valence-corrected chi connectivity index (χ1v) is 11.8. The van der Waals surface area contributed by atoms with Crippen molar-refractivity contribution in [3.05, 3.63) is 63.6 Å². The molecule has 0 fully saturated rings. The van der Waals surface area contributed by atoms with E-state index in [1.807, 2.05) is 0 Å². The first-order chi connectivity index (χ1) is 15.0. The van der Waals surface area contributed by atoms with Gasteiger partial charge in [0, 0.05) is 4.47 Å². The van der Waals surface area contributed by atoms with Crippen LogP contribution in [0.2, 0.25) is 0 Å². The first kappa shape index (κ1) is 23.2. The number of hydrogen-bond acceptors (Lipinski definition) is 4. The molecular formula is C25H28BrNO4. The molecule has 2 aromatic rings. The van der Waals surface area contributed by atoms with E-state index in [2.05, 4.69) is 22.9 Å². The Bertz CT molecular complexity index is 939. The second-order valence-electron chi connectivity index (χ2n) is 7.79. The van der Waals surface area contributed by atoms with Crippen molar-refractivity contribution in [3.63, 3.8) is 0 Å². The summed E-state index contributed by atoms with van der Waals surface area (Å²) < 4.78 is 6.09. The number of imide groups is 1. The highest BCUT2D eigenvalue weighted by Crippen LogP contribution is 2.30. The molecular weight excluding hydrogens is 458 g/mol. The van der Waals surface area contributed by atoms with Crippen LogP contribution in [0, 0.1) is 0 Å². The van der Waals surface area contributed by atoms with Crippen molar-refractivity contribution >= 4 is 39.4 Å². The lowest BCUT2D eigenvalue weighted by molar-refractivity contribution is 0.0497. The molecule has 1 aliphatic heterocycles. The number of fused-ring (bicyclic) bond motifs is 1. The average Bonchev–Trinajstić information content (AvgIpc) is 3.02. The molecule has 0 spiro atoms. The Morgan fingerprint density at radius 1 is 0.839 bits per heavy atom. The number of carbonyl (C=O) groups is 3. The van der Waals surface area contributed by atoms with E-state index in [9.17, 15) is 14.4 Å². The minimum atomic E-state index is -0.388. The van der Waals surface area contributed by atoms with Gasteiger partial charge in [-0.3, -0.25) is 9.59 Å². The van der Waals surface area contributed by atoms with Gasteiger partial charge in [-0.1, -0.05) is 67.8 Å². The van der Waals surface area contributed by atoms with Crippen molar-refractivity contribution < 1.29 is 19.1 Å². The Hall–Kier alpha value is -2.47. The summed E-state index contributed by atoms with van der Waals surface area (Å²) in [5, 5.41) is 0. The van der Waals surface area contributed by atoms with Crippen LogP contribution in [-0.2, 0) is 4.74 Å². The molecule has 6 heteroatoms. The van der Waals surface area contributed by atoms with Crippen molar-refractivity contribution in [2.75, 3.05) is 11.5 Å². The Balaban J connectivity index is 1.48. The molecule has 2 amide bonds. The van der Waals surface area contributed by atoms with E-state index >= 15 is 0 Å². The van der Waals surface area contributed by atoms with Crippen molar-refractivity contribution in [2.45, 2.75) is 58.3 Å². The molecule has 0 bridgehead atoms. The fourth-order valence-corrected chi connectivity index (χ4v) is 4.04. The number of esters is 1. The molecule has 0 atom stereocenters. The van der Waals surface area contributed by atoms with Crippen LogP contribution in [0.1, 0.15) is 89.4 Å². The van der Waals surface area contributed by atoms with Crippen LogP contribution in [-0.4, -0.2) is 24.4 Å². The van der Waals surface area contributed by atoms with E-state index in [1.54, 1.807) is 42.5 Å². The van der Waals surface area contributed by atoms with Gasteiger partial charge in [-0.05, 0) is 48.9 Å². The molecule has 1 heterocycles. The second kappa shape index (κ2) is 11.2. The van der Waals surface area contributed by atoms with Crippen LogP contribution in [0.4, 0.5) is 5.69 Å². The zero-order chi connectivity index (χ0) is 22.2. The quantitative estimate of drug-likeness (QED) is 0.205. The van der Waals surface area contributed by atoms with E-state index in [0.717, 1.165) is 22.2 Å². The van der Waals surface area contributed by atoms with Crippen molar-refractivity contribution in [3.8, 4) is 0 Å². The normalized spacial score (nSPS) is 12.9. The van der Waals surface area contributed by atoms with E-state index < -0.39 is 0 Å². The van der Waals surface area contributed by atoms with Gasteiger partial charge >= 0.3 is 5.97 Å². The van der Waals surface area contributed by atoms with Crippen LogP contribution in [0.5, 0.6) is 0 Å². The zero-order valence-corrected chi connectivity index (χ0v) is 19.4. The van der Waals surface area contributed by atoms with Gasteiger partial charge in [0.1, 0.15) is 0 Å². The Morgan fingerprint density at radius 3 is 2.13 bits per heavy atom. The number of ether oxygens (including phenoxy) is 1. The van der Waals surface area contributed by atoms with Gasteiger partial charge in [0.25, 0.3) is 11.8 Å². The number of anilines is 1. The average molecular weight is 486 g/mol. The van der Waals surface area contributed by atoms with Gasteiger partial charge in [0.15, 0.2) is 0 Å². The SMILES string of the molecule is CCCCCCCCCCOC(=O)c1ccc(N2C(=O)c3ccc(Br)cc3C2=O)cc1. The molecule has 164 valence electrons. The predicted molar refractivity (Wildman–Crippen MR) is 125 cm³/mol. The Morgan fingerprint density at radius 2 is 1.45 bits per heavy atom. The van der Waals surface area contributed by atoms with Gasteiger partial charge in [0.05, 0.1) is 29.0 Å². The third-order valence-electron chi connectivity index (χ3n) is 5.44. The minimum Gasteiger partial charge on any atom is -0.462 e. The molecule has 0 radical (unpaired) electrons. The van der Waals surface area contributed by atoms with E-state index in [4.69, 9.17) is 4.74 Å². The molecule has 0 unspecified atom stereocenters. The van der Waals surface area contributed by atoms with Crippen molar-refractivity contribution in [1.82, 2.24) is 0 Å². The maximum absolute atomic E-state index is 12.7. The highest BCUT2D eigenvalue weighted by Gasteiger charge is 2.36. The van der Waals surface area contributed by atoms with Crippen LogP contribution in [0.3, 0.4) is 0 Å². The van der Waals surface area contributed by atoms with E-state index in [-0.39, 0.29) is 17.8 Å². The van der Waals surface area contributed by atoms with Crippen LogP contribution >= 0.6 is 15.9 Å². The predicted octanol–water partition coefficient (Wildman–Crippen LogP) is 6.55. The Labute approximate surface area is 191 Å². The molecule has 0 aliphatic carbocycles. The van der Waals surface area contributed by atoms with Gasteiger partial charge < -0.3 is 4.74 Å². The number of amides is 2. The molecule has 0 saturated heterocycles. The van der Waals surface area contributed by atoms with Crippen LogP contribution in [0.25, 0.3) is 0 Å². The number of rotatable bonds is 11. The lowest BCUT2D eigenvalue weighted by Gasteiger charge is -2.14. The van der Waals surface area contributed by atoms with Crippen LogP contribution < -0.4 is 4.90 Å². The minimum absolute atomic E-state index is 0.363. The summed E-state index contributed by atoms with van der Waals surface area (Å²) >= 11 is 3.33. The molecule has 31 heavy (non-hydrogen) atoms. The summed E-state index contributed by atoms with van der Waals surface area (Å²) in [7, 11) is 0. The number of hydrogen-bond donors (Lipinski definition) is 0. The standard InChI is InChI=1S/C25H28BrNO4/c1-2-3-4-5-6-7-8-9-16-31-25(30)18-10-13-20(14-11-18)27-23(28)21-15-12-19(26)17-22(21)24(27)29/h10-15,17H,2-9,16H2,1H3. The number of benzene rings is 2. The summed E-state index contributed by atoms with van der Waals surface area (Å²) in [6.07, 6.45) is 9.49. The first-order valence-electron chi connectivity index (χ1n) is 11.0. The maximum atomic E-state index is 12.7. The summed E-state index contributed by atoms with van der Waals surface area (Å²) in [5.41, 5.74) is 1.58. The Kier molecular flexibility index (Phi) is 8.41. The number of unbranched alkanes of at least 4 members (excludes halogenated alkanes) is 7. The second-order valence-corrected chi connectivity index (χ2v) is 8.71. The van der Waals surface area contributed by atoms with Gasteiger partial charge in [-0.25, -0.2) is 9.69 Å². The fraction of sp³-hybridized carbons (Fsp3) is 0.400. The van der Waals surface area contributed by atoms with E-state index in [0.29, 0.717) is 29.0 Å². The molecule has 2 aromatic carbocycles. The molecule has 0 saturated carbocycles. The van der Waals surface area contributed by atoms with Gasteiger partial charge in [0.2, 0.25) is 0 Å². The van der Waals surface area contributed by atoms with Gasteiger partial charge in [-0.15, -0.1) is 0 Å². The third-order valence-corrected chi connectivity index (χ3v) is 5.93. The largest absolute Gasteiger partial charge is 0.462 e. The summed E-state index contributed by atoms with van der Waals surface area (Å²) in [6.45, 7) is 2.62. The zero-order valence-electron chi connectivity index (χ0n) is 17.9. The van der Waals surface area contributed by atoms with Crippen LogP contribution in [0.15, 0.2) is 46.9 Å². The summed E-state index contributed by atoms with van der Waals surface area (Å²) in [5.74, 6) is -1.12. The van der Waals surface area contributed by atoms with Crippen molar-refractivity contribution in [1.29, 1.82) is 0 Å². The fourth-order valence-electron chi connectivity index (χ4n) is 3.68.